The molecule has 0 atom stereocenters. The SMILES string of the molecule is COc1cc(NC(=O)Nc2ccc(C)cc2O)cc(OC)c1. The first-order valence-corrected chi connectivity index (χ1v) is 6.62. The molecule has 0 saturated carbocycles. The Kier molecular flexibility index (Phi) is 4.73. The quantitative estimate of drug-likeness (QED) is 0.757. The van der Waals surface area contributed by atoms with Crippen LogP contribution in [0.15, 0.2) is 36.4 Å². The Morgan fingerprint density at radius 2 is 1.64 bits per heavy atom. The van der Waals surface area contributed by atoms with E-state index in [9.17, 15) is 9.90 Å². The molecule has 0 aliphatic heterocycles. The maximum atomic E-state index is 12.0. The molecule has 0 aliphatic rings. The fraction of sp³-hybridized carbons (Fsp3) is 0.188. The fourth-order valence-electron chi connectivity index (χ4n) is 1.91. The number of nitrogens with one attached hydrogen (secondary N) is 2. The molecule has 116 valence electrons. The van der Waals surface area contributed by atoms with E-state index in [4.69, 9.17) is 9.47 Å². The van der Waals surface area contributed by atoms with Crippen LogP contribution in [0.2, 0.25) is 0 Å². The van der Waals surface area contributed by atoms with Gasteiger partial charge in [0.05, 0.1) is 19.9 Å². The Labute approximate surface area is 128 Å². The molecule has 0 fully saturated rings. The molecule has 0 heterocycles. The van der Waals surface area contributed by atoms with Gasteiger partial charge in [-0.05, 0) is 24.6 Å². The summed E-state index contributed by atoms with van der Waals surface area (Å²) in [5.41, 5.74) is 1.75. The van der Waals surface area contributed by atoms with Crippen molar-refractivity contribution in [1.82, 2.24) is 0 Å². The molecule has 2 aromatic carbocycles. The number of carbonyl (C=O) groups excluding carboxylic acids is 1. The third-order valence-corrected chi connectivity index (χ3v) is 3.01. The average molecular weight is 302 g/mol. The molecule has 0 aromatic heterocycles. The predicted molar refractivity (Wildman–Crippen MR) is 85.0 cm³/mol. The molecule has 2 rings (SSSR count). The summed E-state index contributed by atoms with van der Waals surface area (Å²) in [6.07, 6.45) is 0. The van der Waals surface area contributed by atoms with Gasteiger partial charge < -0.3 is 25.2 Å². The largest absolute Gasteiger partial charge is 0.506 e. The van der Waals surface area contributed by atoms with Gasteiger partial charge in [0.15, 0.2) is 0 Å². The summed E-state index contributed by atoms with van der Waals surface area (Å²) in [5.74, 6) is 1.14. The van der Waals surface area contributed by atoms with Crippen LogP contribution in [-0.4, -0.2) is 25.4 Å². The van der Waals surface area contributed by atoms with Crippen LogP contribution in [0.5, 0.6) is 17.2 Å². The second-order valence-corrected chi connectivity index (χ2v) is 4.70. The number of rotatable bonds is 4. The van der Waals surface area contributed by atoms with Gasteiger partial charge in [-0.1, -0.05) is 6.07 Å². The zero-order valence-corrected chi connectivity index (χ0v) is 12.6. The zero-order chi connectivity index (χ0) is 16.1. The number of phenols is 1. The molecule has 22 heavy (non-hydrogen) atoms. The molecule has 6 heteroatoms. The fourth-order valence-corrected chi connectivity index (χ4v) is 1.91. The van der Waals surface area contributed by atoms with Crippen molar-refractivity contribution in [3.63, 3.8) is 0 Å². The Bertz CT molecular complexity index is 664. The molecule has 0 saturated heterocycles. The summed E-state index contributed by atoms with van der Waals surface area (Å²) >= 11 is 0. The molecular formula is C16H18N2O4. The number of anilines is 2. The number of hydrogen-bond donors (Lipinski definition) is 3. The van der Waals surface area contributed by atoms with Gasteiger partial charge in [0.1, 0.15) is 17.2 Å². The lowest BCUT2D eigenvalue weighted by Gasteiger charge is -2.11. The second kappa shape index (κ2) is 6.71. The van der Waals surface area contributed by atoms with Crippen molar-refractivity contribution in [3.05, 3.63) is 42.0 Å². The molecule has 0 aliphatic carbocycles. The average Bonchev–Trinajstić information content (AvgIpc) is 2.49. The van der Waals surface area contributed by atoms with Gasteiger partial charge in [0.2, 0.25) is 0 Å². The van der Waals surface area contributed by atoms with E-state index in [1.165, 1.54) is 14.2 Å². The summed E-state index contributed by atoms with van der Waals surface area (Å²) in [4.78, 5) is 12.0. The first-order chi connectivity index (χ1) is 10.5. The third kappa shape index (κ3) is 3.82. The standard InChI is InChI=1S/C16H18N2O4/c1-10-4-5-14(15(19)6-10)18-16(20)17-11-7-12(21-2)9-13(8-11)22-3/h4-9,19H,1-3H3,(H2,17,18,20). The molecular weight excluding hydrogens is 284 g/mol. The van der Waals surface area contributed by atoms with E-state index >= 15 is 0 Å². The van der Waals surface area contributed by atoms with Crippen molar-refractivity contribution in [2.75, 3.05) is 24.9 Å². The number of methoxy groups -OCH3 is 2. The van der Waals surface area contributed by atoms with Gasteiger partial charge in [-0.15, -0.1) is 0 Å². The van der Waals surface area contributed by atoms with Crippen molar-refractivity contribution >= 4 is 17.4 Å². The van der Waals surface area contributed by atoms with Crippen LogP contribution in [0, 0.1) is 6.92 Å². The Hall–Kier alpha value is -2.89. The molecule has 6 nitrogen and oxygen atoms in total. The molecule has 3 N–H and O–H groups in total. The number of benzene rings is 2. The smallest absolute Gasteiger partial charge is 0.323 e. The lowest BCUT2D eigenvalue weighted by molar-refractivity contribution is 0.262. The number of urea groups is 1. The van der Waals surface area contributed by atoms with Crippen LogP contribution >= 0.6 is 0 Å². The van der Waals surface area contributed by atoms with Crippen molar-refractivity contribution in [3.8, 4) is 17.2 Å². The zero-order valence-electron chi connectivity index (χ0n) is 12.6. The number of carbonyl (C=O) groups is 1. The van der Waals surface area contributed by atoms with E-state index in [1.54, 1.807) is 36.4 Å². The van der Waals surface area contributed by atoms with E-state index < -0.39 is 6.03 Å². The second-order valence-electron chi connectivity index (χ2n) is 4.70. The van der Waals surface area contributed by atoms with Crippen LogP contribution in [0.4, 0.5) is 16.2 Å². The normalized spacial score (nSPS) is 9.95. The number of amides is 2. The van der Waals surface area contributed by atoms with Crippen LogP contribution in [-0.2, 0) is 0 Å². The highest BCUT2D eigenvalue weighted by Crippen LogP contribution is 2.27. The van der Waals surface area contributed by atoms with Crippen LogP contribution in [0.1, 0.15) is 5.56 Å². The van der Waals surface area contributed by atoms with Crippen molar-refractivity contribution in [2.45, 2.75) is 6.92 Å². The number of phenolic OH excluding ortho intramolecular Hbond substituents is 1. The number of aromatic hydroxyl groups is 1. The van der Waals surface area contributed by atoms with Gasteiger partial charge in [-0.3, -0.25) is 0 Å². The maximum absolute atomic E-state index is 12.0. The Balaban J connectivity index is 2.11. The highest BCUT2D eigenvalue weighted by molar-refractivity contribution is 6.00. The van der Waals surface area contributed by atoms with Crippen molar-refractivity contribution in [1.29, 1.82) is 0 Å². The predicted octanol–water partition coefficient (Wildman–Crippen LogP) is 3.36. The maximum Gasteiger partial charge on any atom is 0.323 e. The van der Waals surface area contributed by atoms with Gasteiger partial charge in [0, 0.05) is 23.9 Å². The highest BCUT2D eigenvalue weighted by Gasteiger charge is 2.08. The van der Waals surface area contributed by atoms with Gasteiger partial charge in [-0.2, -0.15) is 0 Å². The summed E-state index contributed by atoms with van der Waals surface area (Å²) in [6, 6.07) is 9.56. The first-order valence-electron chi connectivity index (χ1n) is 6.62. The van der Waals surface area contributed by atoms with Crippen molar-refractivity contribution in [2.24, 2.45) is 0 Å². The van der Waals surface area contributed by atoms with E-state index in [2.05, 4.69) is 10.6 Å². The molecule has 2 aromatic rings. The van der Waals surface area contributed by atoms with E-state index in [0.717, 1.165) is 5.56 Å². The van der Waals surface area contributed by atoms with Gasteiger partial charge in [0.25, 0.3) is 0 Å². The van der Waals surface area contributed by atoms with Gasteiger partial charge in [-0.25, -0.2) is 4.79 Å². The minimum atomic E-state index is -0.477. The Morgan fingerprint density at radius 3 is 2.18 bits per heavy atom. The highest BCUT2D eigenvalue weighted by atomic mass is 16.5. The molecule has 0 unspecified atom stereocenters. The summed E-state index contributed by atoms with van der Waals surface area (Å²) in [6.45, 7) is 1.85. The van der Waals surface area contributed by atoms with E-state index in [-0.39, 0.29) is 5.75 Å². The summed E-state index contributed by atoms with van der Waals surface area (Å²) in [5, 5.41) is 15.0. The molecule has 0 spiro atoms. The van der Waals surface area contributed by atoms with Crippen LogP contribution in [0.25, 0.3) is 0 Å². The van der Waals surface area contributed by atoms with E-state index in [1.807, 2.05) is 6.92 Å². The van der Waals surface area contributed by atoms with E-state index in [0.29, 0.717) is 22.9 Å². The van der Waals surface area contributed by atoms with Crippen molar-refractivity contribution < 1.29 is 19.4 Å². The van der Waals surface area contributed by atoms with Crippen LogP contribution < -0.4 is 20.1 Å². The minimum Gasteiger partial charge on any atom is -0.506 e. The van der Waals surface area contributed by atoms with Crippen LogP contribution in [0.3, 0.4) is 0 Å². The third-order valence-electron chi connectivity index (χ3n) is 3.01. The Morgan fingerprint density at radius 1 is 1.00 bits per heavy atom. The molecule has 2 amide bonds. The molecule has 0 bridgehead atoms. The summed E-state index contributed by atoms with van der Waals surface area (Å²) in [7, 11) is 3.06. The van der Waals surface area contributed by atoms with Gasteiger partial charge >= 0.3 is 6.03 Å². The number of hydrogen-bond acceptors (Lipinski definition) is 4. The number of ether oxygens (including phenoxy) is 2. The lowest BCUT2D eigenvalue weighted by atomic mass is 10.2. The minimum absolute atomic E-state index is 0.0124. The number of aryl methyl sites for hydroxylation is 1. The monoisotopic (exact) mass is 302 g/mol. The summed E-state index contributed by atoms with van der Waals surface area (Å²) < 4.78 is 10.3. The lowest BCUT2D eigenvalue weighted by Crippen LogP contribution is -2.19. The molecule has 0 radical (unpaired) electrons. The first kappa shape index (κ1) is 15.5. The topological polar surface area (TPSA) is 79.8 Å².